The van der Waals surface area contributed by atoms with Gasteiger partial charge < -0.3 is 9.47 Å². The van der Waals surface area contributed by atoms with Gasteiger partial charge in [-0.15, -0.1) is 11.6 Å². The minimum absolute atomic E-state index is 0.465. The summed E-state index contributed by atoms with van der Waals surface area (Å²) in [5.74, 6) is 1.92. The van der Waals surface area contributed by atoms with Crippen LogP contribution in [-0.4, -0.2) is 7.11 Å². The van der Waals surface area contributed by atoms with Gasteiger partial charge >= 0.3 is 0 Å². The summed E-state index contributed by atoms with van der Waals surface area (Å²) < 4.78 is 11.3. The van der Waals surface area contributed by atoms with Crippen molar-refractivity contribution in [1.29, 1.82) is 0 Å². The van der Waals surface area contributed by atoms with Gasteiger partial charge in [-0.3, -0.25) is 0 Å². The first-order chi connectivity index (χ1) is 10.0. The molecule has 0 unspecified atom stereocenters. The van der Waals surface area contributed by atoms with E-state index in [1.54, 1.807) is 7.11 Å². The molecule has 2 aromatic carbocycles. The number of ether oxygens (including phenoxy) is 2. The molecule has 0 aromatic heterocycles. The van der Waals surface area contributed by atoms with E-state index in [9.17, 15) is 0 Å². The third kappa shape index (κ3) is 3.70. The lowest BCUT2D eigenvalue weighted by atomic mass is 10.0. The van der Waals surface area contributed by atoms with Crippen LogP contribution in [-0.2, 0) is 12.5 Å². The SMILES string of the molecule is COc1cc(CCl)ccc1OCc1c(C)cc(C)cc1C. The summed E-state index contributed by atoms with van der Waals surface area (Å²) in [6.07, 6.45) is 0. The molecule has 0 bridgehead atoms. The van der Waals surface area contributed by atoms with Gasteiger partial charge in [-0.25, -0.2) is 0 Å². The number of hydrogen-bond acceptors (Lipinski definition) is 2. The summed E-state index contributed by atoms with van der Waals surface area (Å²) in [6, 6.07) is 10.1. The minimum Gasteiger partial charge on any atom is -0.493 e. The molecule has 3 heteroatoms. The van der Waals surface area contributed by atoms with Crippen molar-refractivity contribution in [2.45, 2.75) is 33.3 Å². The highest BCUT2D eigenvalue weighted by molar-refractivity contribution is 6.17. The van der Waals surface area contributed by atoms with Gasteiger partial charge in [0, 0.05) is 5.88 Å². The van der Waals surface area contributed by atoms with Gasteiger partial charge in [0.2, 0.25) is 0 Å². The van der Waals surface area contributed by atoms with Gasteiger partial charge in [-0.2, -0.15) is 0 Å². The fraction of sp³-hybridized carbons (Fsp3) is 0.333. The first-order valence-electron chi connectivity index (χ1n) is 6.97. The third-order valence-electron chi connectivity index (χ3n) is 3.59. The van der Waals surface area contributed by atoms with Gasteiger partial charge in [-0.1, -0.05) is 23.8 Å². The smallest absolute Gasteiger partial charge is 0.161 e. The topological polar surface area (TPSA) is 18.5 Å². The average molecular weight is 305 g/mol. The molecule has 0 radical (unpaired) electrons. The maximum absolute atomic E-state index is 5.95. The van der Waals surface area contributed by atoms with Crippen LogP contribution in [0.15, 0.2) is 30.3 Å². The summed E-state index contributed by atoms with van der Waals surface area (Å²) in [5.41, 5.74) is 6.03. The second-order valence-corrected chi connectivity index (χ2v) is 5.55. The van der Waals surface area contributed by atoms with E-state index in [4.69, 9.17) is 21.1 Å². The highest BCUT2D eigenvalue weighted by atomic mass is 35.5. The molecule has 0 N–H and O–H groups in total. The van der Waals surface area contributed by atoms with Crippen LogP contribution in [0.5, 0.6) is 11.5 Å². The van der Waals surface area contributed by atoms with Gasteiger partial charge in [-0.05, 0) is 55.2 Å². The van der Waals surface area contributed by atoms with E-state index in [0.717, 1.165) is 17.1 Å². The quantitative estimate of drug-likeness (QED) is 0.729. The van der Waals surface area contributed by atoms with Crippen LogP contribution >= 0.6 is 11.6 Å². The molecule has 0 saturated heterocycles. The van der Waals surface area contributed by atoms with E-state index in [2.05, 4.69) is 32.9 Å². The molecule has 21 heavy (non-hydrogen) atoms. The van der Waals surface area contributed by atoms with Crippen LogP contribution in [0, 0.1) is 20.8 Å². The summed E-state index contributed by atoms with van der Waals surface area (Å²) in [4.78, 5) is 0. The van der Waals surface area contributed by atoms with E-state index in [1.165, 1.54) is 22.3 Å². The van der Waals surface area contributed by atoms with Crippen LogP contribution in [0.2, 0.25) is 0 Å². The van der Waals surface area contributed by atoms with Crippen LogP contribution in [0.3, 0.4) is 0 Å². The van der Waals surface area contributed by atoms with E-state index >= 15 is 0 Å². The molecule has 0 saturated carbocycles. The Labute approximate surface area is 131 Å². The molecular formula is C18H21ClO2. The lowest BCUT2D eigenvalue weighted by Crippen LogP contribution is -2.02. The molecule has 112 valence electrons. The zero-order chi connectivity index (χ0) is 15.4. The average Bonchev–Trinajstić information content (AvgIpc) is 2.46. The zero-order valence-electron chi connectivity index (χ0n) is 13.0. The molecule has 0 aliphatic carbocycles. The molecule has 0 fully saturated rings. The van der Waals surface area contributed by atoms with Crippen LogP contribution in [0.1, 0.15) is 27.8 Å². The minimum atomic E-state index is 0.465. The Kier molecular flexibility index (Phi) is 5.13. The van der Waals surface area contributed by atoms with Gasteiger partial charge in [0.1, 0.15) is 6.61 Å². The standard InChI is InChI=1S/C18H21ClO2/c1-12-7-13(2)16(14(3)8-12)11-21-17-6-5-15(10-19)9-18(17)20-4/h5-9H,10-11H2,1-4H3. The number of halogens is 1. The highest BCUT2D eigenvalue weighted by Gasteiger charge is 2.09. The Balaban J connectivity index is 2.20. The maximum Gasteiger partial charge on any atom is 0.161 e. The van der Waals surface area contributed by atoms with Crippen LogP contribution < -0.4 is 9.47 Å². The predicted molar refractivity (Wildman–Crippen MR) is 87.5 cm³/mol. The molecule has 0 aliphatic heterocycles. The monoisotopic (exact) mass is 304 g/mol. The van der Waals surface area contributed by atoms with Crippen LogP contribution in [0.4, 0.5) is 0 Å². The Morgan fingerprint density at radius 3 is 2.19 bits per heavy atom. The molecular weight excluding hydrogens is 284 g/mol. The first kappa shape index (κ1) is 15.7. The Bertz CT molecular complexity index is 612. The highest BCUT2D eigenvalue weighted by Crippen LogP contribution is 2.30. The van der Waals surface area contributed by atoms with Gasteiger partial charge in [0.05, 0.1) is 7.11 Å². The van der Waals surface area contributed by atoms with Crippen molar-refractivity contribution in [2.75, 3.05) is 7.11 Å². The molecule has 0 heterocycles. The number of alkyl halides is 1. The number of hydrogen-bond donors (Lipinski definition) is 0. The third-order valence-corrected chi connectivity index (χ3v) is 3.90. The normalized spacial score (nSPS) is 10.5. The van der Waals surface area contributed by atoms with E-state index < -0.39 is 0 Å². The maximum atomic E-state index is 5.95. The van der Waals surface area contributed by atoms with Gasteiger partial charge in [0.15, 0.2) is 11.5 Å². The fourth-order valence-electron chi connectivity index (χ4n) is 2.50. The zero-order valence-corrected chi connectivity index (χ0v) is 13.8. The van der Waals surface area contributed by atoms with Crippen molar-refractivity contribution in [3.05, 3.63) is 58.1 Å². The molecule has 2 aromatic rings. The molecule has 2 nitrogen and oxygen atoms in total. The summed E-state index contributed by atoms with van der Waals surface area (Å²) in [6.45, 7) is 6.88. The molecule has 0 atom stereocenters. The number of aryl methyl sites for hydroxylation is 3. The number of benzene rings is 2. The Hall–Kier alpha value is -1.67. The second kappa shape index (κ2) is 6.86. The molecule has 0 amide bonds. The molecule has 0 aliphatic rings. The van der Waals surface area contributed by atoms with E-state index in [1.807, 2.05) is 18.2 Å². The Morgan fingerprint density at radius 1 is 0.952 bits per heavy atom. The summed E-state index contributed by atoms with van der Waals surface area (Å²) >= 11 is 5.84. The number of methoxy groups -OCH3 is 1. The van der Waals surface area contributed by atoms with E-state index in [0.29, 0.717) is 12.5 Å². The summed E-state index contributed by atoms with van der Waals surface area (Å²) in [7, 11) is 1.64. The van der Waals surface area contributed by atoms with Crippen molar-refractivity contribution in [2.24, 2.45) is 0 Å². The Morgan fingerprint density at radius 2 is 1.62 bits per heavy atom. The van der Waals surface area contributed by atoms with E-state index in [-0.39, 0.29) is 0 Å². The van der Waals surface area contributed by atoms with Crippen molar-refractivity contribution in [3.8, 4) is 11.5 Å². The molecule has 0 spiro atoms. The fourth-order valence-corrected chi connectivity index (χ4v) is 2.67. The van der Waals surface area contributed by atoms with Crippen molar-refractivity contribution < 1.29 is 9.47 Å². The lowest BCUT2D eigenvalue weighted by molar-refractivity contribution is 0.283. The first-order valence-corrected chi connectivity index (χ1v) is 7.51. The van der Waals surface area contributed by atoms with Crippen LogP contribution in [0.25, 0.3) is 0 Å². The lowest BCUT2D eigenvalue weighted by Gasteiger charge is -2.15. The summed E-state index contributed by atoms with van der Waals surface area (Å²) in [5, 5.41) is 0. The predicted octanol–water partition coefficient (Wildman–Crippen LogP) is 4.94. The largest absolute Gasteiger partial charge is 0.493 e. The second-order valence-electron chi connectivity index (χ2n) is 5.28. The van der Waals surface area contributed by atoms with Gasteiger partial charge in [0.25, 0.3) is 0 Å². The van der Waals surface area contributed by atoms with Crippen molar-refractivity contribution >= 4 is 11.6 Å². The van der Waals surface area contributed by atoms with Crippen molar-refractivity contribution in [3.63, 3.8) is 0 Å². The van der Waals surface area contributed by atoms with Crippen molar-refractivity contribution in [1.82, 2.24) is 0 Å². The number of rotatable bonds is 5. The molecule has 2 rings (SSSR count).